The lowest BCUT2D eigenvalue weighted by atomic mass is 10.1. The number of nitrogens with zero attached hydrogens (tertiary/aromatic N) is 5. The van der Waals surface area contributed by atoms with Gasteiger partial charge in [-0.05, 0) is 12.8 Å². The van der Waals surface area contributed by atoms with Gasteiger partial charge in [0.15, 0.2) is 11.5 Å². The summed E-state index contributed by atoms with van der Waals surface area (Å²) >= 11 is 0. The molecule has 3 heterocycles. The summed E-state index contributed by atoms with van der Waals surface area (Å²) in [6.45, 7) is 1.16. The molecule has 2 aromatic heterocycles. The summed E-state index contributed by atoms with van der Waals surface area (Å²) < 4.78 is 6.69. The summed E-state index contributed by atoms with van der Waals surface area (Å²) in [5.41, 5.74) is 11.2. The van der Waals surface area contributed by atoms with Crippen molar-refractivity contribution in [3.63, 3.8) is 0 Å². The molecule has 11 nitrogen and oxygen atoms in total. The van der Waals surface area contributed by atoms with Crippen molar-refractivity contribution in [1.82, 2.24) is 19.7 Å². The lowest BCUT2D eigenvalue weighted by Crippen LogP contribution is -2.42. The fourth-order valence-electron chi connectivity index (χ4n) is 2.83. The highest BCUT2D eigenvalue weighted by Crippen LogP contribution is 2.23. The highest BCUT2D eigenvalue weighted by molar-refractivity contribution is 5.96. The van der Waals surface area contributed by atoms with E-state index in [0.717, 1.165) is 19.4 Å². The Labute approximate surface area is 149 Å². The van der Waals surface area contributed by atoms with Gasteiger partial charge in [0.05, 0.1) is 24.6 Å². The number of hydrogen-bond donors (Lipinski definition) is 3. The van der Waals surface area contributed by atoms with Crippen LogP contribution in [0.15, 0.2) is 18.6 Å². The summed E-state index contributed by atoms with van der Waals surface area (Å²) in [4.78, 5) is 33.2. The molecule has 1 unspecified atom stereocenters. The van der Waals surface area contributed by atoms with E-state index in [1.54, 1.807) is 24.1 Å². The van der Waals surface area contributed by atoms with Crippen molar-refractivity contribution >= 4 is 29.3 Å². The van der Waals surface area contributed by atoms with E-state index < -0.39 is 12.0 Å². The van der Waals surface area contributed by atoms with E-state index >= 15 is 0 Å². The molecule has 138 valence electrons. The zero-order chi connectivity index (χ0) is 18.7. The molecule has 1 fully saturated rings. The maximum atomic E-state index is 11.7. The van der Waals surface area contributed by atoms with Gasteiger partial charge in [0.2, 0.25) is 0 Å². The fraction of sp³-hybridized carbons (Fsp3) is 0.400. The van der Waals surface area contributed by atoms with Crippen molar-refractivity contribution < 1.29 is 14.3 Å². The van der Waals surface area contributed by atoms with Gasteiger partial charge < -0.3 is 26.4 Å². The molecule has 3 rings (SSSR count). The van der Waals surface area contributed by atoms with Crippen LogP contribution in [0.2, 0.25) is 0 Å². The summed E-state index contributed by atoms with van der Waals surface area (Å²) in [5.74, 6) is 0.0872. The number of anilines is 3. The molecule has 1 saturated heterocycles. The molecule has 0 aliphatic carbocycles. The first-order valence-corrected chi connectivity index (χ1v) is 8.06. The van der Waals surface area contributed by atoms with Crippen molar-refractivity contribution in [2.24, 2.45) is 18.5 Å². The van der Waals surface area contributed by atoms with Crippen LogP contribution in [0.1, 0.15) is 23.3 Å². The zero-order valence-electron chi connectivity index (χ0n) is 14.3. The van der Waals surface area contributed by atoms with E-state index in [4.69, 9.17) is 16.2 Å². The van der Waals surface area contributed by atoms with Crippen LogP contribution in [-0.2, 0) is 11.8 Å². The highest BCUT2D eigenvalue weighted by atomic mass is 16.6. The number of ether oxygens (including phenoxy) is 1. The molecule has 0 aromatic carbocycles. The smallest absolute Gasteiger partial charge is 0.404 e. The van der Waals surface area contributed by atoms with Crippen LogP contribution in [-0.4, -0.2) is 50.9 Å². The Hall–Kier alpha value is -3.37. The number of nitrogens with one attached hydrogen (secondary N) is 1. The van der Waals surface area contributed by atoms with Crippen molar-refractivity contribution in [3.05, 3.63) is 24.3 Å². The average molecular weight is 360 g/mol. The second-order valence-electron chi connectivity index (χ2n) is 5.96. The highest BCUT2D eigenvalue weighted by Gasteiger charge is 2.25. The number of amides is 2. The van der Waals surface area contributed by atoms with Crippen LogP contribution in [0, 0.1) is 0 Å². The normalized spacial score (nSPS) is 17.0. The number of aryl methyl sites for hydroxylation is 1. The summed E-state index contributed by atoms with van der Waals surface area (Å²) in [6, 6.07) is 0. The maximum absolute atomic E-state index is 11.7. The van der Waals surface area contributed by atoms with Crippen LogP contribution in [0.5, 0.6) is 0 Å². The van der Waals surface area contributed by atoms with Gasteiger partial charge in [-0.3, -0.25) is 9.48 Å². The molecule has 2 aromatic rings. The molecule has 0 spiro atoms. The van der Waals surface area contributed by atoms with Crippen LogP contribution < -0.4 is 21.7 Å². The molecular weight excluding hydrogens is 340 g/mol. The Morgan fingerprint density at radius 1 is 1.35 bits per heavy atom. The van der Waals surface area contributed by atoms with E-state index in [1.807, 2.05) is 4.90 Å². The molecule has 2 amide bonds. The van der Waals surface area contributed by atoms with Crippen LogP contribution in [0.3, 0.4) is 0 Å². The first kappa shape index (κ1) is 17.5. The average Bonchev–Trinajstić information content (AvgIpc) is 2.99. The Morgan fingerprint density at radius 2 is 2.15 bits per heavy atom. The third-order valence-electron chi connectivity index (χ3n) is 3.95. The number of nitrogens with two attached hydrogens (primary N) is 2. The Bertz CT molecular complexity index is 821. The van der Waals surface area contributed by atoms with E-state index in [0.29, 0.717) is 18.1 Å². The number of hydrogen-bond acceptors (Lipinski definition) is 8. The van der Waals surface area contributed by atoms with Crippen LogP contribution in [0.25, 0.3) is 0 Å². The second-order valence-corrected chi connectivity index (χ2v) is 5.96. The van der Waals surface area contributed by atoms with Gasteiger partial charge in [-0.1, -0.05) is 0 Å². The molecule has 0 bridgehead atoms. The predicted molar refractivity (Wildman–Crippen MR) is 92.9 cm³/mol. The van der Waals surface area contributed by atoms with Crippen LogP contribution >= 0.6 is 0 Å². The molecular formula is C15H20N8O3. The van der Waals surface area contributed by atoms with Crippen molar-refractivity contribution in [3.8, 4) is 0 Å². The number of carbonyl (C=O) groups is 2. The molecule has 11 heteroatoms. The standard InChI is InChI=1S/C15H20N8O3/c1-22-7-9(5-19-22)20-14-12(13(16)24)18-6-11(21-14)23-4-2-3-10(8-23)26-15(17)25/h5-7,10H,2-4,8H2,1H3,(H2,16,24)(H2,17,25)(H,20,21). The predicted octanol–water partition coefficient (Wildman–Crippen LogP) is 0.117. The first-order valence-electron chi connectivity index (χ1n) is 8.06. The number of carbonyl (C=O) groups excluding carboxylic acids is 2. The Kier molecular flexibility index (Phi) is 4.87. The van der Waals surface area contributed by atoms with E-state index in [-0.39, 0.29) is 17.6 Å². The summed E-state index contributed by atoms with van der Waals surface area (Å²) in [6.07, 6.45) is 5.23. The zero-order valence-corrected chi connectivity index (χ0v) is 14.3. The van der Waals surface area contributed by atoms with Gasteiger partial charge in [-0.25, -0.2) is 14.8 Å². The van der Waals surface area contributed by atoms with Gasteiger partial charge in [0.25, 0.3) is 5.91 Å². The van der Waals surface area contributed by atoms with Crippen molar-refractivity contribution in [2.75, 3.05) is 23.3 Å². The molecule has 0 saturated carbocycles. The largest absolute Gasteiger partial charge is 0.445 e. The van der Waals surface area contributed by atoms with E-state index in [1.165, 1.54) is 6.20 Å². The number of rotatable bonds is 5. The van der Waals surface area contributed by atoms with Gasteiger partial charge in [0, 0.05) is 19.8 Å². The van der Waals surface area contributed by atoms with Gasteiger partial charge in [-0.2, -0.15) is 5.10 Å². The third kappa shape index (κ3) is 3.99. The van der Waals surface area contributed by atoms with E-state index in [9.17, 15) is 9.59 Å². The lowest BCUT2D eigenvalue weighted by molar-refractivity contribution is 0.0960. The lowest BCUT2D eigenvalue weighted by Gasteiger charge is -2.32. The summed E-state index contributed by atoms with van der Waals surface area (Å²) in [7, 11) is 1.77. The monoisotopic (exact) mass is 360 g/mol. The molecule has 1 atom stereocenters. The van der Waals surface area contributed by atoms with Crippen molar-refractivity contribution in [1.29, 1.82) is 0 Å². The third-order valence-corrected chi connectivity index (χ3v) is 3.95. The molecule has 1 aliphatic heterocycles. The number of primary amides is 2. The number of piperidine rings is 1. The number of aromatic nitrogens is 4. The minimum atomic E-state index is -0.800. The SMILES string of the molecule is Cn1cc(Nc2nc(N3CCCC(OC(N)=O)C3)cnc2C(N)=O)cn1. The van der Waals surface area contributed by atoms with Gasteiger partial charge in [-0.15, -0.1) is 0 Å². The maximum Gasteiger partial charge on any atom is 0.404 e. The first-order chi connectivity index (χ1) is 12.4. The quantitative estimate of drug-likeness (QED) is 0.679. The Morgan fingerprint density at radius 3 is 2.81 bits per heavy atom. The molecule has 0 radical (unpaired) electrons. The Balaban J connectivity index is 1.84. The topological polar surface area (TPSA) is 154 Å². The fourth-order valence-corrected chi connectivity index (χ4v) is 2.83. The summed E-state index contributed by atoms with van der Waals surface area (Å²) in [5, 5.41) is 7.06. The molecule has 26 heavy (non-hydrogen) atoms. The minimum Gasteiger partial charge on any atom is -0.445 e. The van der Waals surface area contributed by atoms with Gasteiger partial charge in [0.1, 0.15) is 11.9 Å². The molecule has 5 N–H and O–H groups in total. The van der Waals surface area contributed by atoms with Gasteiger partial charge >= 0.3 is 6.09 Å². The van der Waals surface area contributed by atoms with E-state index in [2.05, 4.69) is 20.4 Å². The van der Waals surface area contributed by atoms with Crippen molar-refractivity contribution in [2.45, 2.75) is 18.9 Å². The minimum absolute atomic E-state index is 0.0274. The second kappa shape index (κ2) is 7.25. The molecule has 1 aliphatic rings. The van der Waals surface area contributed by atoms with Crippen LogP contribution in [0.4, 0.5) is 22.1 Å².